The van der Waals surface area contributed by atoms with Crippen LogP contribution in [0.2, 0.25) is 0 Å². The maximum Gasteiger partial charge on any atom is 0.179 e. The second-order valence-electron chi connectivity index (χ2n) is 4.07. The Morgan fingerprint density at radius 3 is 3.07 bits per heavy atom. The minimum atomic E-state index is 0.174. The van der Waals surface area contributed by atoms with Crippen molar-refractivity contribution >= 4 is 0 Å². The third kappa shape index (κ3) is 1.34. The Morgan fingerprint density at radius 1 is 1.29 bits per heavy atom. The molecule has 3 heterocycles. The van der Waals surface area contributed by atoms with Gasteiger partial charge in [0.1, 0.15) is 11.9 Å². The number of aryl methyl sites for hydroxylation is 2. The fourth-order valence-corrected chi connectivity index (χ4v) is 2.22. The number of rotatable bonds is 1. The van der Waals surface area contributed by atoms with Gasteiger partial charge in [0.2, 0.25) is 0 Å². The van der Waals surface area contributed by atoms with Crippen molar-refractivity contribution in [3.63, 3.8) is 0 Å². The van der Waals surface area contributed by atoms with Gasteiger partial charge in [-0.2, -0.15) is 5.10 Å². The van der Waals surface area contributed by atoms with Crippen LogP contribution in [0.25, 0.3) is 0 Å². The Labute approximate surface area is 83.3 Å². The Hall–Kier alpha value is -0.900. The van der Waals surface area contributed by atoms with Crippen LogP contribution < -0.4 is 0 Å². The van der Waals surface area contributed by atoms with E-state index in [1.54, 1.807) is 0 Å². The summed E-state index contributed by atoms with van der Waals surface area (Å²) in [6.45, 7) is 1.91. The fraction of sp³-hybridized carbons (Fsp3) is 0.800. The molecule has 0 saturated carbocycles. The molecule has 0 spiro atoms. The highest BCUT2D eigenvalue weighted by atomic mass is 16.5. The van der Waals surface area contributed by atoms with E-state index >= 15 is 0 Å². The predicted octanol–water partition coefficient (Wildman–Crippen LogP) is 1.47. The summed E-state index contributed by atoms with van der Waals surface area (Å²) in [6.07, 6.45) is 5.98. The highest BCUT2D eigenvalue weighted by Gasteiger charge is 2.24. The molecule has 0 aliphatic carbocycles. The van der Waals surface area contributed by atoms with Gasteiger partial charge in [0, 0.05) is 19.6 Å². The molecule has 14 heavy (non-hydrogen) atoms. The minimum Gasteiger partial charge on any atom is -0.370 e. The molecule has 1 atom stereocenters. The normalized spacial score (nSPS) is 26.4. The Bertz CT molecular complexity index is 305. The molecule has 1 aromatic heterocycles. The van der Waals surface area contributed by atoms with E-state index in [4.69, 9.17) is 4.74 Å². The molecule has 0 aromatic carbocycles. The highest BCUT2D eigenvalue weighted by Crippen LogP contribution is 2.27. The van der Waals surface area contributed by atoms with Crippen LogP contribution >= 0.6 is 0 Å². The quantitative estimate of drug-likeness (QED) is 0.678. The summed E-state index contributed by atoms with van der Waals surface area (Å²) in [5.74, 6) is 2.07. The zero-order chi connectivity index (χ0) is 9.38. The van der Waals surface area contributed by atoms with Gasteiger partial charge >= 0.3 is 0 Å². The van der Waals surface area contributed by atoms with E-state index in [2.05, 4.69) is 14.8 Å². The van der Waals surface area contributed by atoms with Crippen LogP contribution in [0.5, 0.6) is 0 Å². The van der Waals surface area contributed by atoms with Gasteiger partial charge in [-0.05, 0) is 25.7 Å². The minimum absolute atomic E-state index is 0.174. The molecule has 2 aliphatic heterocycles. The topological polar surface area (TPSA) is 39.9 Å². The van der Waals surface area contributed by atoms with Crippen molar-refractivity contribution in [2.75, 3.05) is 6.61 Å². The summed E-state index contributed by atoms with van der Waals surface area (Å²) in [6, 6.07) is 0. The van der Waals surface area contributed by atoms with E-state index in [1.165, 1.54) is 12.8 Å². The van der Waals surface area contributed by atoms with E-state index in [1.807, 2.05) is 0 Å². The summed E-state index contributed by atoms with van der Waals surface area (Å²) in [5, 5.41) is 4.51. The van der Waals surface area contributed by atoms with E-state index < -0.39 is 0 Å². The molecule has 1 saturated heterocycles. The SMILES string of the molecule is C1CCn2nc(C3CCCO3)nc2C1. The molecule has 1 aromatic rings. The van der Waals surface area contributed by atoms with Crippen molar-refractivity contribution in [1.82, 2.24) is 14.8 Å². The number of hydrogen-bond acceptors (Lipinski definition) is 3. The van der Waals surface area contributed by atoms with Crippen molar-refractivity contribution in [3.8, 4) is 0 Å². The zero-order valence-electron chi connectivity index (χ0n) is 8.28. The zero-order valence-corrected chi connectivity index (χ0v) is 8.28. The third-order valence-electron chi connectivity index (χ3n) is 3.00. The molecule has 3 rings (SSSR count). The lowest BCUT2D eigenvalue weighted by atomic mass is 10.2. The summed E-state index contributed by atoms with van der Waals surface area (Å²) in [4.78, 5) is 4.56. The molecular weight excluding hydrogens is 178 g/mol. The molecule has 4 nitrogen and oxygen atoms in total. The molecule has 76 valence electrons. The van der Waals surface area contributed by atoms with Gasteiger partial charge in [0.05, 0.1) is 0 Å². The van der Waals surface area contributed by atoms with Gasteiger partial charge in [0.25, 0.3) is 0 Å². The first-order valence-corrected chi connectivity index (χ1v) is 5.49. The molecule has 1 unspecified atom stereocenters. The monoisotopic (exact) mass is 193 g/mol. The van der Waals surface area contributed by atoms with Crippen LogP contribution in [-0.4, -0.2) is 21.4 Å². The summed E-state index contributed by atoms with van der Waals surface area (Å²) >= 11 is 0. The molecule has 0 N–H and O–H groups in total. The van der Waals surface area contributed by atoms with Gasteiger partial charge in [-0.3, -0.25) is 0 Å². The number of aromatic nitrogens is 3. The molecule has 2 aliphatic rings. The van der Waals surface area contributed by atoms with Gasteiger partial charge in [-0.15, -0.1) is 0 Å². The van der Waals surface area contributed by atoms with E-state index in [0.29, 0.717) is 0 Å². The van der Waals surface area contributed by atoms with Gasteiger partial charge in [0.15, 0.2) is 5.82 Å². The maximum atomic E-state index is 5.58. The second kappa shape index (κ2) is 3.35. The standard InChI is InChI=1S/C10H15N3O/c1-2-6-13-9(5-1)11-10(12-13)8-4-3-7-14-8/h8H,1-7H2. The Balaban J connectivity index is 1.87. The number of hydrogen-bond donors (Lipinski definition) is 0. The highest BCUT2D eigenvalue weighted by molar-refractivity contribution is 4.99. The van der Waals surface area contributed by atoms with E-state index in [-0.39, 0.29) is 6.10 Å². The summed E-state index contributed by atoms with van der Waals surface area (Å²) < 4.78 is 7.63. The van der Waals surface area contributed by atoms with E-state index in [9.17, 15) is 0 Å². The number of ether oxygens (including phenoxy) is 1. The second-order valence-corrected chi connectivity index (χ2v) is 4.07. The lowest BCUT2D eigenvalue weighted by Crippen LogP contribution is -2.11. The Kier molecular flexibility index (Phi) is 2.01. The molecule has 1 fully saturated rings. The first kappa shape index (κ1) is 8.41. The largest absolute Gasteiger partial charge is 0.370 e. The van der Waals surface area contributed by atoms with E-state index in [0.717, 1.165) is 44.1 Å². The Morgan fingerprint density at radius 2 is 2.29 bits per heavy atom. The summed E-state index contributed by atoms with van der Waals surface area (Å²) in [7, 11) is 0. The molecule has 0 amide bonds. The lowest BCUT2D eigenvalue weighted by Gasteiger charge is -2.10. The first-order valence-electron chi connectivity index (χ1n) is 5.49. The maximum absolute atomic E-state index is 5.58. The third-order valence-corrected chi connectivity index (χ3v) is 3.00. The molecule has 0 radical (unpaired) electrons. The van der Waals surface area contributed by atoms with Crippen molar-refractivity contribution in [3.05, 3.63) is 11.6 Å². The van der Waals surface area contributed by atoms with Crippen molar-refractivity contribution < 1.29 is 4.74 Å². The lowest BCUT2D eigenvalue weighted by molar-refractivity contribution is 0.105. The van der Waals surface area contributed by atoms with Crippen molar-refractivity contribution in [2.24, 2.45) is 0 Å². The van der Waals surface area contributed by atoms with Crippen molar-refractivity contribution in [2.45, 2.75) is 44.8 Å². The van der Waals surface area contributed by atoms with Crippen LogP contribution in [0.15, 0.2) is 0 Å². The van der Waals surface area contributed by atoms with Gasteiger partial charge < -0.3 is 4.74 Å². The van der Waals surface area contributed by atoms with Crippen LogP contribution in [0, 0.1) is 0 Å². The number of nitrogens with zero attached hydrogens (tertiary/aromatic N) is 3. The van der Waals surface area contributed by atoms with Crippen molar-refractivity contribution in [1.29, 1.82) is 0 Å². The van der Waals surface area contributed by atoms with Crippen LogP contribution in [-0.2, 0) is 17.7 Å². The summed E-state index contributed by atoms with van der Waals surface area (Å²) in [5.41, 5.74) is 0. The van der Waals surface area contributed by atoms with Gasteiger partial charge in [-0.1, -0.05) is 0 Å². The molecule has 0 bridgehead atoms. The predicted molar refractivity (Wildman–Crippen MR) is 50.9 cm³/mol. The van der Waals surface area contributed by atoms with Crippen LogP contribution in [0.4, 0.5) is 0 Å². The average Bonchev–Trinajstić information content (AvgIpc) is 2.86. The number of fused-ring (bicyclic) bond motifs is 1. The fourth-order valence-electron chi connectivity index (χ4n) is 2.22. The smallest absolute Gasteiger partial charge is 0.179 e. The van der Waals surface area contributed by atoms with Gasteiger partial charge in [-0.25, -0.2) is 9.67 Å². The van der Waals surface area contributed by atoms with Crippen LogP contribution in [0.1, 0.15) is 43.4 Å². The first-order chi connectivity index (χ1) is 6.93. The molecular formula is C10H15N3O. The van der Waals surface area contributed by atoms with Crippen LogP contribution in [0.3, 0.4) is 0 Å². The average molecular weight is 193 g/mol. The molecule has 4 heteroatoms.